The van der Waals surface area contributed by atoms with Crippen molar-refractivity contribution in [1.82, 2.24) is 72.8 Å². The Bertz CT molecular complexity index is 5070. The van der Waals surface area contributed by atoms with Gasteiger partial charge in [0.15, 0.2) is 0 Å². The van der Waals surface area contributed by atoms with Crippen LogP contribution in [0.2, 0.25) is 5.02 Å². The van der Waals surface area contributed by atoms with E-state index in [4.69, 9.17) is 17.3 Å². The van der Waals surface area contributed by atoms with Crippen LogP contribution >= 0.6 is 34.7 Å². The molecule has 34 nitrogen and oxygen atoms in total. The van der Waals surface area contributed by atoms with Crippen LogP contribution in [0.5, 0.6) is 11.5 Å². The third kappa shape index (κ3) is 33.6. The molecule has 0 aliphatic carbocycles. The number of carboxylic acids is 1. The lowest BCUT2D eigenvalue weighted by Crippen LogP contribution is -2.61. The fraction of sp³-hybridized carbons (Fsp3) is 0.419. The van der Waals surface area contributed by atoms with Crippen molar-refractivity contribution >= 4 is 139 Å². The summed E-state index contributed by atoms with van der Waals surface area (Å²) >= 11 is 8.44. The highest BCUT2D eigenvalue weighted by Gasteiger charge is 2.40. The van der Waals surface area contributed by atoms with Crippen LogP contribution in [-0.4, -0.2) is 256 Å². The first-order valence-electron chi connectivity index (χ1n) is 42.6. The predicted molar refractivity (Wildman–Crippen MR) is 493 cm³/mol. The van der Waals surface area contributed by atoms with Gasteiger partial charge in [-0.25, -0.2) is 0 Å². The van der Waals surface area contributed by atoms with Crippen molar-refractivity contribution in [3.63, 3.8) is 0 Å². The number of thioether (sulfide) groups is 1. The molecule has 0 aliphatic heterocycles. The summed E-state index contributed by atoms with van der Waals surface area (Å²) in [5.41, 5.74) is 8.87. The number of amides is 15. The highest BCUT2D eigenvalue weighted by atomic mass is 35.5. The summed E-state index contributed by atoms with van der Waals surface area (Å²) in [5, 5.41) is 60.0. The van der Waals surface area contributed by atoms with Gasteiger partial charge in [0.25, 0.3) is 0 Å². The number of thiophene rings is 1. The number of aliphatic carboxylic acids is 1. The van der Waals surface area contributed by atoms with Gasteiger partial charge in [-0.05, 0) is 118 Å². The molecule has 15 amide bonds. The number of fused-ring (bicyclic) bond motifs is 1. The minimum atomic E-state index is -1.82. The van der Waals surface area contributed by atoms with Gasteiger partial charge in [-0.1, -0.05) is 174 Å². The van der Waals surface area contributed by atoms with Gasteiger partial charge >= 0.3 is 5.97 Å². The minimum absolute atomic E-state index is 0.0594. The Morgan fingerprint density at radius 3 is 1.56 bits per heavy atom. The van der Waals surface area contributed by atoms with E-state index in [0.29, 0.717) is 57.5 Å². The normalized spacial score (nSPS) is 13.4. The van der Waals surface area contributed by atoms with Crippen LogP contribution in [0, 0.1) is 11.8 Å². The number of aryl methyl sites for hydroxylation is 1. The summed E-state index contributed by atoms with van der Waals surface area (Å²) in [6.45, 7) is 6.48. The second-order valence-corrected chi connectivity index (χ2v) is 35.0. The molecule has 15 N–H and O–H groups in total. The fourth-order valence-electron chi connectivity index (χ4n) is 14.3. The van der Waals surface area contributed by atoms with Crippen molar-refractivity contribution in [1.29, 1.82) is 0 Å². The minimum Gasteiger partial charge on any atom is -0.508 e. The van der Waals surface area contributed by atoms with Crippen LogP contribution in [0.25, 0.3) is 10.1 Å². The van der Waals surface area contributed by atoms with Gasteiger partial charge in [0.1, 0.15) is 71.9 Å². The molecular weight excluding hydrogens is 1730 g/mol. The first kappa shape index (κ1) is 104. The zero-order valence-corrected chi connectivity index (χ0v) is 76.9. The molecule has 10 atom stereocenters. The van der Waals surface area contributed by atoms with Crippen molar-refractivity contribution in [2.75, 3.05) is 66.4 Å². The number of nitrogens with one attached hydrogen (secondary N) is 10. The second-order valence-electron chi connectivity index (χ2n) is 32.6. The largest absolute Gasteiger partial charge is 0.508 e. The molecule has 6 aromatic carbocycles. The molecule has 0 spiro atoms. The number of hydrogen-bond acceptors (Lipinski definition) is 20. The van der Waals surface area contributed by atoms with Gasteiger partial charge in [-0.2, -0.15) is 0 Å². The van der Waals surface area contributed by atoms with E-state index in [-0.39, 0.29) is 86.2 Å². The number of phenols is 2. The van der Waals surface area contributed by atoms with Crippen molar-refractivity contribution in [3.8, 4) is 11.5 Å². The van der Waals surface area contributed by atoms with Crippen LogP contribution in [0.15, 0.2) is 163 Å². The lowest BCUT2D eigenvalue weighted by Gasteiger charge is -2.34. The van der Waals surface area contributed by atoms with Gasteiger partial charge in [0.2, 0.25) is 88.6 Å². The number of carbonyl (C=O) groups is 16. The topological polar surface area (TPSA) is 493 Å². The number of halogens is 1. The number of aromatic hydroxyl groups is 2. The molecule has 0 saturated carbocycles. The number of unbranched alkanes of at least 4 members (excludes halogenated alkanes) is 1. The van der Waals surface area contributed by atoms with E-state index in [2.05, 4.69) is 53.2 Å². The van der Waals surface area contributed by atoms with Gasteiger partial charge < -0.3 is 93.8 Å². The summed E-state index contributed by atoms with van der Waals surface area (Å²) in [6, 6.07) is 28.7. The summed E-state index contributed by atoms with van der Waals surface area (Å²) in [5.74, 6) is -15.7. The van der Waals surface area contributed by atoms with Crippen molar-refractivity contribution in [2.24, 2.45) is 17.6 Å². The Morgan fingerprint density at radius 1 is 0.485 bits per heavy atom. The van der Waals surface area contributed by atoms with Crippen molar-refractivity contribution < 1.29 is 92.0 Å². The SMILES string of the molecule is CCCCC(C(=O)N(C)CC(=O)NC(CC(=O)O)C(=O)NC(C(=O)N(C)C(Cc1ccccc1)C(=O)NC(Cc1ccc(O)cc1)C(=O)N(C)CC(=O)NC(Cc1csc2ccccc12)C(=O)NC(Cc1ccc(O)cc1)C(=O)NC(CC(C)C)C(=O)NC(CSCC(=O)NC(Cc1cccc(Cl)c1)C(=O)NC)C(=O)NCC(N)=O)C(C)C)N(C)C(=O)CCc1ccccc1. The van der Waals surface area contributed by atoms with Crippen LogP contribution in [-0.2, 0) is 115 Å². The Kier molecular flexibility index (Phi) is 41.5. The number of nitrogens with two attached hydrogens (primary N) is 1. The summed E-state index contributed by atoms with van der Waals surface area (Å²) in [6.07, 6.45) is 0.106. The smallest absolute Gasteiger partial charge is 0.305 e. The lowest BCUT2D eigenvalue weighted by molar-refractivity contribution is -0.146. The van der Waals surface area contributed by atoms with Crippen molar-refractivity contribution in [2.45, 2.75) is 172 Å². The third-order valence-corrected chi connectivity index (χ3v) is 23.7. The molecule has 0 radical (unpaired) electrons. The molecule has 37 heteroatoms. The molecule has 1 aromatic heterocycles. The first-order chi connectivity index (χ1) is 61.8. The molecule has 7 aromatic rings. The Morgan fingerprint density at radius 2 is 0.985 bits per heavy atom. The van der Waals surface area contributed by atoms with E-state index >= 15 is 24.0 Å². The Hall–Kier alpha value is -13.0. The van der Waals surface area contributed by atoms with Gasteiger partial charge in [-0.15, -0.1) is 23.1 Å². The molecule has 1 heterocycles. The predicted octanol–water partition coefficient (Wildman–Crippen LogP) is 4.01. The standard InChI is InChI=1S/C93H118ClN15O19S2/c1-11-12-29-74(108(9)81(116)40-35-57-22-15-13-16-23-57)92(127)107(8)51-79(114)99-71(48-82(117)118)89(124)105-83(56(4)5)93(128)109(10)75(46-58-24-17-14-18-25-58)90(125)103-72(44-60-33-38-65(111)39-34-60)91(126)106(7)50-78(113)98-70(47-62-52-130-76-30-20-19-28-66(62)76)88(123)102-69(43-59-31-36-64(110)37-32-59)87(122)101-67(41-55(2)3)86(121)104-73(85(120)97-49-77(95)112)53-129-54-80(115)100-68(84(119)96-6)45-61-26-21-27-63(94)42-61/h13-28,30-34,36-39,42,52,55-56,67-75,83,110-111H,11-12,29,35,40-41,43-51,53-54H2,1-10H3,(H2,95,112)(H,96,119)(H,97,120)(H,98,113)(H,99,114)(H,100,115)(H,101,122)(H,102,123)(H,103,125)(H,104,121)(H,105,124)(H,117,118). The van der Waals surface area contributed by atoms with E-state index in [1.165, 1.54) is 100 Å². The quantitative estimate of drug-likeness (QED) is 0.0256. The van der Waals surface area contributed by atoms with E-state index < -0.39 is 181 Å². The first-order valence-corrected chi connectivity index (χ1v) is 45.1. The molecule has 130 heavy (non-hydrogen) atoms. The summed E-state index contributed by atoms with van der Waals surface area (Å²) < 4.78 is 0.818. The zero-order chi connectivity index (χ0) is 95.4. The maximum absolute atomic E-state index is 15.4. The zero-order valence-electron chi connectivity index (χ0n) is 74.5. The number of carboxylic acid groups (broad SMARTS) is 1. The monoisotopic (exact) mass is 1850 g/mol. The van der Waals surface area contributed by atoms with Gasteiger partial charge in [-0.3, -0.25) is 76.7 Å². The lowest BCUT2D eigenvalue weighted by atomic mass is 9.98. The third-order valence-electron chi connectivity index (χ3n) is 21.4. The Balaban J connectivity index is 1.11. The van der Waals surface area contributed by atoms with Crippen LogP contribution in [0.1, 0.15) is 107 Å². The van der Waals surface area contributed by atoms with E-state index in [9.17, 15) is 68.1 Å². The van der Waals surface area contributed by atoms with E-state index in [0.717, 1.165) is 36.7 Å². The maximum Gasteiger partial charge on any atom is 0.305 e. The van der Waals surface area contributed by atoms with Crippen LogP contribution in [0.4, 0.5) is 0 Å². The van der Waals surface area contributed by atoms with E-state index in [1.54, 1.807) is 93.7 Å². The van der Waals surface area contributed by atoms with Crippen LogP contribution < -0.4 is 58.9 Å². The second kappa shape index (κ2) is 51.9. The number of likely N-dealkylation sites (N-methyl/N-ethyl adjacent to an activating group) is 5. The summed E-state index contributed by atoms with van der Waals surface area (Å²) in [7, 11) is 6.80. The number of nitrogens with zero attached hydrogens (tertiary/aromatic N) is 4. The number of rotatable bonds is 51. The van der Waals surface area contributed by atoms with Crippen LogP contribution in [0.3, 0.4) is 0 Å². The molecule has 10 unspecified atom stereocenters. The number of phenolic OH excluding ortho intramolecular Hbond substituents is 2. The van der Waals surface area contributed by atoms with E-state index in [1.807, 2.05) is 55.5 Å². The molecule has 0 bridgehead atoms. The van der Waals surface area contributed by atoms with Gasteiger partial charge in [0, 0.05) is 89.2 Å². The molecule has 698 valence electrons. The average molecular weight is 1850 g/mol. The molecule has 7 rings (SSSR count). The number of benzene rings is 6. The fourth-order valence-corrected chi connectivity index (χ4v) is 16.3. The number of primary amides is 1. The highest BCUT2D eigenvalue weighted by molar-refractivity contribution is 8.00. The highest BCUT2D eigenvalue weighted by Crippen LogP contribution is 2.28. The summed E-state index contributed by atoms with van der Waals surface area (Å²) in [4.78, 5) is 231. The van der Waals surface area contributed by atoms with Crippen molar-refractivity contribution in [3.05, 3.63) is 202 Å². The molecule has 0 aliphatic rings. The Labute approximate surface area is 768 Å². The number of carbonyl (C=O) groups excluding carboxylic acids is 15. The molecular formula is C93H118ClN15O19S2. The average Bonchev–Trinajstić information content (AvgIpc) is 1.48. The van der Waals surface area contributed by atoms with Gasteiger partial charge in [0.05, 0.1) is 31.8 Å². The number of hydrogen-bond donors (Lipinski definition) is 14. The molecule has 0 saturated heterocycles. The maximum atomic E-state index is 15.4. The molecule has 0 fully saturated rings.